The maximum atomic E-state index is 13.9. The summed E-state index contributed by atoms with van der Waals surface area (Å²) in [6.45, 7) is 3.36. The molecule has 0 atom stereocenters. The van der Waals surface area contributed by atoms with Crippen LogP contribution in [0.4, 0.5) is 4.39 Å². The SMILES string of the molecule is CCC(=O)c1ccc(OCC(=O)N2CCCN(C(=O)c3ccccc3F)CC2)cc1. The van der Waals surface area contributed by atoms with Crippen LogP contribution in [0.5, 0.6) is 5.75 Å². The Kier molecular flexibility index (Phi) is 7.17. The van der Waals surface area contributed by atoms with Crippen LogP contribution >= 0.6 is 0 Å². The minimum atomic E-state index is -0.542. The van der Waals surface area contributed by atoms with Crippen molar-refractivity contribution in [1.82, 2.24) is 9.80 Å². The molecule has 0 aliphatic carbocycles. The number of Topliss-reactive ketones (excluding diaryl/α,β-unsaturated/α-hetero) is 1. The largest absolute Gasteiger partial charge is 0.484 e. The lowest BCUT2D eigenvalue weighted by molar-refractivity contribution is -0.133. The van der Waals surface area contributed by atoms with Gasteiger partial charge in [-0.25, -0.2) is 4.39 Å². The van der Waals surface area contributed by atoms with E-state index in [1.54, 1.807) is 53.1 Å². The molecule has 1 aliphatic heterocycles. The van der Waals surface area contributed by atoms with Gasteiger partial charge in [0.05, 0.1) is 5.56 Å². The molecule has 0 radical (unpaired) electrons. The van der Waals surface area contributed by atoms with Gasteiger partial charge < -0.3 is 14.5 Å². The number of carbonyl (C=O) groups excluding carboxylic acids is 3. The van der Waals surface area contributed by atoms with Gasteiger partial charge >= 0.3 is 0 Å². The van der Waals surface area contributed by atoms with E-state index in [-0.39, 0.29) is 29.8 Å². The molecule has 0 saturated carbocycles. The molecule has 7 heteroatoms. The van der Waals surface area contributed by atoms with Crippen LogP contribution in [0.3, 0.4) is 0 Å². The Morgan fingerprint density at radius 2 is 1.60 bits per heavy atom. The smallest absolute Gasteiger partial charge is 0.260 e. The van der Waals surface area contributed by atoms with Crippen molar-refractivity contribution in [3.8, 4) is 5.75 Å². The molecule has 3 rings (SSSR count). The van der Waals surface area contributed by atoms with Crippen LogP contribution in [0, 0.1) is 5.82 Å². The first kappa shape index (κ1) is 21.5. The van der Waals surface area contributed by atoms with Gasteiger partial charge in [0.15, 0.2) is 12.4 Å². The number of carbonyl (C=O) groups is 3. The molecule has 0 bridgehead atoms. The second-order valence-electron chi connectivity index (χ2n) is 7.10. The highest BCUT2D eigenvalue weighted by Crippen LogP contribution is 2.15. The number of halogens is 1. The average Bonchev–Trinajstić information content (AvgIpc) is 3.03. The average molecular weight is 412 g/mol. The van der Waals surface area contributed by atoms with Crippen molar-refractivity contribution >= 4 is 17.6 Å². The normalized spacial score (nSPS) is 14.2. The maximum Gasteiger partial charge on any atom is 0.260 e. The van der Waals surface area contributed by atoms with E-state index in [0.717, 1.165) is 0 Å². The fourth-order valence-corrected chi connectivity index (χ4v) is 3.35. The Labute approximate surface area is 175 Å². The van der Waals surface area contributed by atoms with E-state index < -0.39 is 5.82 Å². The van der Waals surface area contributed by atoms with Gasteiger partial charge in [-0.15, -0.1) is 0 Å². The van der Waals surface area contributed by atoms with Crippen LogP contribution in [-0.4, -0.2) is 60.2 Å². The molecule has 1 fully saturated rings. The van der Waals surface area contributed by atoms with Crippen LogP contribution in [0.25, 0.3) is 0 Å². The first-order chi connectivity index (χ1) is 14.5. The molecule has 0 aromatic heterocycles. The highest BCUT2D eigenvalue weighted by molar-refractivity contribution is 5.96. The summed E-state index contributed by atoms with van der Waals surface area (Å²) in [6, 6.07) is 12.6. The standard InChI is InChI=1S/C23H25FN2O4/c1-2-21(27)17-8-10-18(11-9-17)30-16-22(28)25-12-5-13-26(15-14-25)23(29)19-6-3-4-7-20(19)24/h3-4,6-11H,2,5,12-16H2,1H3. The van der Waals surface area contributed by atoms with Crippen molar-refractivity contribution < 1.29 is 23.5 Å². The Balaban J connectivity index is 1.52. The van der Waals surface area contributed by atoms with Gasteiger partial charge in [0.1, 0.15) is 11.6 Å². The minimum absolute atomic E-state index is 0.0469. The number of amides is 2. The van der Waals surface area contributed by atoms with E-state index in [0.29, 0.717) is 50.3 Å². The maximum absolute atomic E-state index is 13.9. The van der Waals surface area contributed by atoms with Crippen molar-refractivity contribution in [2.24, 2.45) is 0 Å². The second kappa shape index (κ2) is 10.0. The Morgan fingerprint density at radius 3 is 2.30 bits per heavy atom. The molecule has 2 aromatic rings. The van der Waals surface area contributed by atoms with E-state index >= 15 is 0 Å². The third-order valence-corrected chi connectivity index (χ3v) is 5.10. The summed E-state index contributed by atoms with van der Waals surface area (Å²) in [5.41, 5.74) is 0.661. The highest BCUT2D eigenvalue weighted by atomic mass is 19.1. The van der Waals surface area contributed by atoms with Gasteiger partial charge in [0.25, 0.3) is 11.8 Å². The third-order valence-electron chi connectivity index (χ3n) is 5.10. The van der Waals surface area contributed by atoms with Gasteiger partial charge in [-0.05, 0) is 42.8 Å². The number of benzene rings is 2. The third kappa shape index (κ3) is 5.23. The van der Waals surface area contributed by atoms with Gasteiger partial charge in [-0.3, -0.25) is 14.4 Å². The Morgan fingerprint density at radius 1 is 0.933 bits per heavy atom. The van der Waals surface area contributed by atoms with E-state index in [1.807, 2.05) is 0 Å². The predicted octanol–water partition coefficient (Wildman–Crippen LogP) is 3.17. The topological polar surface area (TPSA) is 66.9 Å². The van der Waals surface area contributed by atoms with Gasteiger partial charge in [-0.1, -0.05) is 19.1 Å². The number of ketones is 1. The highest BCUT2D eigenvalue weighted by Gasteiger charge is 2.24. The zero-order chi connectivity index (χ0) is 21.5. The molecule has 0 N–H and O–H groups in total. The fraction of sp³-hybridized carbons (Fsp3) is 0.348. The molecule has 30 heavy (non-hydrogen) atoms. The summed E-state index contributed by atoms with van der Waals surface area (Å²) < 4.78 is 19.5. The molecular formula is C23H25FN2O4. The number of rotatable bonds is 6. The van der Waals surface area contributed by atoms with Crippen LogP contribution < -0.4 is 4.74 Å². The zero-order valence-electron chi connectivity index (χ0n) is 17.0. The number of nitrogens with zero attached hydrogens (tertiary/aromatic N) is 2. The van der Waals surface area contributed by atoms with Crippen LogP contribution in [0.2, 0.25) is 0 Å². The quantitative estimate of drug-likeness (QED) is 0.684. The zero-order valence-corrected chi connectivity index (χ0v) is 17.0. The fourth-order valence-electron chi connectivity index (χ4n) is 3.35. The Hall–Kier alpha value is -3.22. The summed E-state index contributed by atoms with van der Waals surface area (Å²) >= 11 is 0. The molecule has 2 aromatic carbocycles. The summed E-state index contributed by atoms with van der Waals surface area (Å²) in [6.07, 6.45) is 1.05. The van der Waals surface area contributed by atoms with Crippen molar-refractivity contribution in [1.29, 1.82) is 0 Å². The first-order valence-electron chi connectivity index (χ1n) is 10.1. The van der Waals surface area contributed by atoms with Crippen molar-refractivity contribution in [2.45, 2.75) is 19.8 Å². The van der Waals surface area contributed by atoms with Crippen LogP contribution in [0.15, 0.2) is 48.5 Å². The summed E-state index contributed by atoms with van der Waals surface area (Å²) in [5.74, 6) is -0.511. The van der Waals surface area contributed by atoms with E-state index in [2.05, 4.69) is 0 Å². The lowest BCUT2D eigenvalue weighted by Gasteiger charge is -2.22. The minimum Gasteiger partial charge on any atom is -0.484 e. The van der Waals surface area contributed by atoms with Crippen molar-refractivity contribution in [3.63, 3.8) is 0 Å². The first-order valence-corrected chi connectivity index (χ1v) is 10.1. The van der Waals surface area contributed by atoms with E-state index in [9.17, 15) is 18.8 Å². The summed E-state index contributed by atoms with van der Waals surface area (Å²) in [4.78, 5) is 40.0. The number of hydrogen-bond acceptors (Lipinski definition) is 4. The molecule has 6 nitrogen and oxygen atoms in total. The molecule has 1 aliphatic rings. The van der Waals surface area contributed by atoms with E-state index in [4.69, 9.17) is 4.74 Å². The van der Waals surface area contributed by atoms with E-state index in [1.165, 1.54) is 12.1 Å². The lowest BCUT2D eigenvalue weighted by Crippen LogP contribution is -2.39. The molecule has 1 saturated heterocycles. The molecule has 0 spiro atoms. The predicted molar refractivity (Wildman–Crippen MR) is 110 cm³/mol. The number of hydrogen-bond donors (Lipinski definition) is 0. The van der Waals surface area contributed by atoms with Crippen molar-refractivity contribution in [2.75, 3.05) is 32.8 Å². The summed E-state index contributed by atoms with van der Waals surface area (Å²) in [5, 5.41) is 0. The van der Waals surface area contributed by atoms with Gasteiger partial charge in [0, 0.05) is 38.2 Å². The monoisotopic (exact) mass is 412 g/mol. The molecular weight excluding hydrogens is 387 g/mol. The molecule has 0 unspecified atom stereocenters. The second-order valence-corrected chi connectivity index (χ2v) is 7.10. The lowest BCUT2D eigenvalue weighted by atomic mass is 10.1. The van der Waals surface area contributed by atoms with Crippen molar-refractivity contribution in [3.05, 3.63) is 65.5 Å². The molecule has 2 amide bonds. The molecule has 1 heterocycles. The summed E-state index contributed by atoms with van der Waals surface area (Å²) in [7, 11) is 0. The van der Waals surface area contributed by atoms with Crippen LogP contribution in [0.1, 0.15) is 40.5 Å². The molecule has 158 valence electrons. The van der Waals surface area contributed by atoms with Gasteiger partial charge in [0.2, 0.25) is 0 Å². The van der Waals surface area contributed by atoms with Gasteiger partial charge in [-0.2, -0.15) is 0 Å². The number of ether oxygens (including phenoxy) is 1. The Bertz CT molecular complexity index is 914. The van der Waals surface area contributed by atoms with Crippen LogP contribution in [-0.2, 0) is 4.79 Å².